The van der Waals surface area contributed by atoms with Crippen molar-refractivity contribution in [3.63, 3.8) is 0 Å². The molecule has 2 atom stereocenters. The van der Waals surface area contributed by atoms with Crippen molar-refractivity contribution in [2.45, 2.75) is 50.1 Å². The van der Waals surface area contributed by atoms with Gasteiger partial charge < -0.3 is 4.74 Å². The summed E-state index contributed by atoms with van der Waals surface area (Å²) in [6.07, 6.45) is 1.87. The lowest BCUT2D eigenvalue weighted by atomic mass is 9.97. The number of hydrogen-bond acceptors (Lipinski definition) is 1. The van der Waals surface area contributed by atoms with Gasteiger partial charge in [0, 0.05) is 12.0 Å². The Morgan fingerprint density at radius 1 is 1.12 bits per heavy atom. The van der Waals surface area contributed by atoms with E-state index in [0.29, 0.717) is 12.3 Å². The monoisotopic (exact) mass is 258 g/mol. The van der Waals surface area contributed by atoms with E-state index >= 15 is 0 Å². The molecule has 1 rings (SSSR count). The van der Waals surface area contributed by atoms with Crippen LogP contribution < -0.4 is 0 Å². The molecule has 16 heavy (non-hydrogen) atoms. The molecule has 0 amide bonds. The highest BCUT2D eigenvalue weighted by molar-refractivity contribution is 6.20. The minimum absolute atomic E-state index is 0.108. The molecule has 96 valence electrons. The lowest BCUT2D eigenvalue weighted by Crippen LogP contribution is -2.20. The van der Waals surface area contributed by atoms with Crippen LogP contribution in [-0.4, -0.2) is 24.8 Å². The summed E-state index contributed by atoms with van der Waals surface area (Å²) in [5.41, 5.74) is 0. The fourth-order valence-corrected chi connectivity index (χ4v) is 2.49. The van der Waals surface area contributed by atoms with Gasteiger partial charge in [0.2, 0.25) is 0 Å². The maximum absolute atomic E-state index is 11.8. The van der Waals surface area contributed by atoms with Gasteiger partial charge in [-0.25, -0.2) is 0 Å². The van der Waals surface area contributed by atoms with E-state index in [1.54, 1.807) is 0 Å². The second-order valence-corrected chi connectivity index (χ2v) is 4.93. The molecule has 2 unspecified atom stereocenters. The van der Waals surface area contributed by atoms with Gasteiger partial charge in [-0.1, -0.05) is 19.3 Å². The molecule has 0 heterocycles. The molecule has 0 radical (unpaired) electrons. The Morgan fingerprint density at radius 3 is 2.50 bits per heavy atom. The molecular formula is C11H18ClF3O. The van der Waals surface area contributed by atoms with Gasteiger partial charge in [0.15, 0.2) is 0 Å². The molecule has 0 spiro atoms. The lowest BCUT2D eigenvalue weighted by Gasteiger charge is -2.19. The minimum atomic E-state index is -4.22. The molecule has 0 bridgehead atoms. The number of rotatable bonds is 4. The normalized spacial score (nSPS) is 27.8. The molecule has 0 aromatic heterocycles. The summed E-state index contributed by atoms with van der Waals surface area (Å²) in [6, 6.07) is 0. The van der Waals surface area contributed by atoms with Crippen LogP contribution in [0.4, 0.5) is 13.2 Å². The molecule has 0 aromatic rings. The highest BCUT2D eigenvalue weighted by Gasteiger charge is 2.28. The molecule has 5 heteroatoms. The summed E-state index contributed by atoms with van der Waals surface area (Å²) in [6.45, 7) is -0.986. The lowest BCUT2D eigenvalue weighted by molar-refractivity contribution is -0.174. The topological polar surface area (TPSA) is 9.23 Å². The summed E-state index contributed by atoms with van der Waals surface area (Å²) in [5, 5.41) is 0.108. The third-order valence-electron chi connectivity index (χ3n) is 2.97. The fourth-order valence-electron chi connectivity index (χ4n) is 2.09. The first kappa shape index (κ1) is 14.1. The molecule has 1 nitrogen and oxygen atoms in total. The van der Waals surface area contributed by atoms with Crippen LogP contribution in [0.25, 0.3) is 0 Å². The second-order valence-electron chi connectivity index (χ2n) is 4.37. The Kier molecular flexibility index (Phi) is 5.90. The predicted molar refractivity (Wildman–Crippen MR) is 57.7 cm³/mol. The Labute approximate surface area is 99.3 Å². The Hall–Kier alpha value is 0.0400. The summed E-state index contributed by atoms with van der Waals surface area (Å²) < 4.78 is 40.0. The number of halogens is 4. The molecule has 1 fully saturated rings. The van der Waals surface area contributed by atoms with E-state index in [4.69, 9.17) is 11.6 Å². The van der Waals surface area contributed by atoms with E-state index in [0.717, 1.165) is 25.7 Å². The standard InChI is InChI=1S/C11H18ClF3O/c12-10-5-3-1-2-4-9(10)6-7-16-8-11(13,14)15/h9-10H,1-8H2. The van der Waals surface area contributed by atoms with Gasteiger partial charge in [0.1, 0.15) is 6.61 Å². The van der Waals surface area contributed by atoms with Gasteiger partial charge in [-0.05, 0) is 25.2 Å². The van der Waals surface area contributed by atoms with E-state index in [2.05, 4.69) is 4.74 Å². The van der Waals surface area contributed by atoms with Gasteiger partial charge in [-0.2, -0.15) is 13.2 Å². The summed E-state index contributed by atoms with van der Waals surface area (Å²) in [5.74, 6) is 0.317. The average molecular weight is 259 g/mol. The maximum atomic E-state index is 11.8. The van der Waals surface area contributed by atoms with Gasteiger partial charge >= 0.3 is 6.18 Å². The van der Waals surface area contributed by atoms with Crippen LogP contribution in [0.1, 0.15) is 38.5 Å². The van der Waals surface area contributed by atoms with Crippen molar-refractivity contribution < 1.29 is 17.9 Å². The van der Waals surface area contributed by atoms with Gasteiger partial charge in [-0.15, -0.1) is 11.6 Å². The van der Waals surface area contributed by atoms with E-state index in [9.17, 15) is 13.2 Å². The van der Waals surface area contributed by atoms with Crippen LogP contribution in [0, 0.1) is 5.92 Å². The first-order valence-electron chi connectivity index (χ1n) is 5.77. The number of ether oxygens (including phenoxy) is 1. The van der Waals surface area contributed by atoms with Crippen LogP contribution in [0.3, 0.4) is 0 Å². The van der Waals surface area contributed by atoms with Crippen LogP contribution in [0.15, 0.2) is 0 Å². The predicted octanol–water partition coefficient (Wildman–Crippen LogP) is 4.14. The smallest absolute Gasteiger partial charge is 0.372 e. The fraction of sp³-hybridized carbons (Fsp3) is 1.00. The minimum Gasteiger partial charge on any atom is -0.372 e. The highest BCUT2D eigenvalue weighted by atomic mass is 35.5. The third kappa shape index (κ3) is 5.94. The van der Waals surface area contributed by atoms with Crippen LogP contribution >= 0.6 is 11.6 Å². The molecule has 0 aliphatic heterocycles. The zero-order chi connectivity index (χ0) is 12.0. The van der Waals surface area contributed by atoms with E-state index in [1.165, 1.54) is 6.42 Å². The molecule has 1 aliphatic rings. The van der Waals surface area contributed by atoms with E-state index in [1.807, 2.05) is 0 Å². The highest BCUT2D eigenvalue weighted by Crippen LogP contribution is 2.29. The van der Waals surface area contributed by atoms with E-state index < -0.39 is 12.8 Å². The van der Waals surface area contributed by atoms with Crippen molar-refractivity contribution in [2.24, 2.45) is 5.92 Å². The molecule has 1 saturated carbocycles. The van der Waals surface area contributed by atoms with Crippen molar-refractivity contribution >= 4 is 11.6 Å². The number of hydrogen-bond donors (Lipinski definition) is 0. The van der Waals surface area contributed by atoms with Crippen LogP contribution in [0.2, 0.25) is 0 Å². The Morgan fingerprint density at radius 2 is 1.81 bits per heavy atom. The van der Waals surface area contributed by atoms with E-state index in [-0.39, 0.29) is 12.0 Å². The summed E-state index contributed by atoms with van der Waals surface area (Å²) >= 11 is 6.18. The quantitative estimate of drug-likeness (QED) is 0.418. The van der Waals surface area contributed by atoms with Crippen molar-refractivity contribution in [3.8, 4) is 0 Å². The van der Waals surface area contributed by atoms with Gasteiger partial charge in [0.25, 0.3) is 0 Å². The Bertz CT molecular complexity index is 196. The molecule has 0 N–H and O–H groups in total. The molecule has 1 aliphatic carbocycles. The Balaban J connectivity index is 2.15. The average Bonchev–Trinajstić information content (AvgIpc) is 2.37. The second kappa shape index (κ2) is 6.70. The van der Waals surface area contributed by atoms with Gasteiger partial charge in [0.05, 0.1) is 0 Å². The largest absolute Gasteiger partial charge is 0.411 e. The molecule has 0 saturated heterocycles. The first-order valence-corrected chi connectivity index (χ1v) is 6.21. The third-order valence-corrected chi connectivity index (χ3v) is 3.54. The van der Waals surface area contributed by atoms with Crippen molar-refractivity contribution in [3.05, 3.63) is 0 Å². The van der Waals surface area contributed by atoms with Crippen molar-refractivity contribution in [2.75, 3.05) is 13.2 Å². The SMILES string of the molecule is FC(F)(F)COCCC1CCCCCC1Cl. The van der Waals surface area contributed by atoms with Crippen molar-refractivity contribution in [1.29, 1.82) is 0 Å². The molecule has 0 aromatic carbocycles. The van der Waals surface area contributed by atoms with Crippen LogP contribution in [0.5, 0.6) is 0 Å². The zero-order valence-corrected chi connectivity index (χ0v) is 9.99. The summed E-state index contributed by atoms with van der Waals surface area (Å²) in [7, 11) is 0. The maximum Gasteiger partial charge on any atom is 0.411 e. The number of alkyl halides is 4. The van der Waals surface area contributed by atoms with Gasteiger partial charge in [-0.3, -0.25) is 0 Å². The first-order chi connectivity index (χ1) is 7.49. The van der Waals surface area contributed by atoms with Crippen LogP contribution in [-0.2, 0) is 4.74 Å². The summed E-state index contributed by atoms with van der Waals surface area (Å²) in [4.78, 5) is 0. The zero-order valence-electron chi connectivity index (χ0n) is 9.23. The molecular weight excluding hydrogens is 241 g/mol. The van der Waals surface area contributed by atoms with Crippen molar-refractivity contribution in [1.82, 2.24) is 0 Å².